The molecule has 0 spiro atoms. The number of nitrogens with two attached hydrogens (primary N) is 1. The second-order valence-electron chi connectivity index (χ2n) is 3.84. The highest BCUT2D eigenvalue weighted by molar-refractivity contribution is 5.14. The van der Waals surface area contributed by atoms with E-state index in [4.69, 9.17) is 5.73 Å². The third kappa shape index (κ3) is 3.48. The summed E-state index contributed by atoms with van der Waals surface area (Å²) in [5.74, 6) is 0. The Bertz CT molecular complexity index is 244. The topological polar surface area (TPSA) is 29.3 Å². The Hall–Kier alpha value is -0.860. The molecule has 1 aromatic rings. The zero-order valence-electron chi connectivity index (χ0n) is 9.11. The quantitative estimate of drug-likeness (QED) is 0.771. The molecule has 0 amide bonds. The van der Waals surface area contributed by atoms with E-state index in [1.54, 1.807) is 0 Å². The Kier molecular flexibility index (Phi) is 4.63. The van der Waals surface area contributed by atoms with E-state index in [9.17, 15) is 0 Å². The van der Waals surface area contributed by atoms with Gasteiger partial charge in [-0.1, -0.05) is 30.3 Å². The van der Waals surface area contributed by atoms with Gasteiger partial charge in [0.2, 0.25) is 0 Å². The van der Waals surface area contributed by atoms with Gasteiger partial charge in [0, 0.05) is 25.7 Å². The molecule has 2 N–H and O–H groups in total. The highest BCUT2D eigenvalue weighted by Gasteiger charge is 2.08. The van der Waals surface area contributed by atoms with Crippen LogP contribution >= 0.6 is 0 Å². The molecule has 0 aliphatic carbocycles. The van der Waals surface area contributed by atoms with Crippen LogP contribution in [0.25, 0.3) is 0 Å². The van der Waals surface area contributed by atoms with Crippen molar-refractivity contribution in [1.29, 1.82) is 0 Å². The van der Waals surface area contributed by atoms with Crippen molar-refractivity contribution in [2.45, 2.75) is 26.4 Å². The zero-order chi connectivity index (χ0) is 10.4. The fourth-order valence-corrected chi connectivity index (χ4v) is 1.50. The number of benzene rings is 1. The fourth-order valence-electron chi connectivity index (χ4n) is 1.50. The lowest BCUT2D eigenvalue weighted by Crippen LogP contribution is -2.34. The minimum absolute atomic E-state index is 0.554. The summed E-state index contributed by atoms with van der Waals surface area (Å²) in [5.41, 5.74) is 6.94. The lowest BCUT2D eigenvalue weighted by atomic mass is 10.2. The van der Waals surface area contributed by atoms with Crippen LogP contribution in [0.1, 0.15) is 19.4 Å². The van der Waals surface area contributed by atoms with Crippen LogP contribution in [0.3, 0.4) is 0 Å². The van der Waals surface area contributed by atoms with Gasteiger partial charge in [0.05, 0.1) is 0 Å². The summed E-state index contributed by atoms with van der Waals surface area (Å²) in [5, 5.41) is 0. The summed E-state index contributed by atoms with van der Waals surface area (Å²) in [6.07, 6.45) is 0. The van der Waals surface area contributed by atoms with E-state index in [-0.39, 0.29) is 0 Å². The van der Waals surface area contributed by atoms with E-state index in [1.807, 2.05) is 6.07 Å². The molecule has 0 saturated carbocycles. The summed E-state index contributed by atoms with van der Waals surface area (Å²) in [4.78, 5) is 2.38. The van der Waals surface area contributed by atoms with Crippen LogP contribution in [0.2, 0.25) is 0 Å². The number of rotatable bonds is 5. The largest absolute Gasteiger partial charge is 0.329 e. The predicted molar refractivity (Wildman–Crippen MR) is 61.0 cm³/mol. The van der Waals surface area contributed by atoms with Gasteiger partial charge in [-0.15, -0.1) is 0 Å². The molecule has 0 radical (unpaired) electrons. The van der Waals surface area contributed by atoms with Crippen molar-refractivity contribution in [3.05, 3.63) is 35.9 Å². The van der Waals surface area contributed by atoms with Crippen molar-refractivity contribution in [3.63, 3.8) is 0 Å². The van der Waals surface area contributed by atoms with E-state index in [2.05, 4.69) is 43.0 Å². The number of hydrogen-bond acceptors (Lipinski definition) is 2. The first-order chi connectivity index (χ1) is 6.74. The normalized spacial score (nSPS) is 11.2. The summed E-state index contributed by atoms with van der Waals surface area (Å²) in [7, 11) is 0. The maximum atomic E-state index is 5.58. The summed E-state index contributed by atoms with van der Waals surface area (Å²) < 4.78 is 0. The van der Waals surface area contributed by atoms with Crippen molar-refractivity contribution < 1.29 is 0 Å². The van der Waals surface area contributed by atoms with Gasteiger partial charge in [-0.05, 0) is 19.4 Å². The standard InChI is InChI=1S/C12H20N2/c1-11(2)14(9-8-13)10-12-6-4-3-5-7-12/h3-7,11H,8-10,13H2,1-2H3. The molecule has 0 heterocycles. The summed E-state index contributed by atoms with van der Waals surface area (Å²) in [6.45, 7) is 7.10. The van der Waals surface area contributed by atoms with Gasteiger partial charge in [-0.25, -0.2) is 0 Å². The van der Waals surface area contributed by atoms with E-state index in [1.165, 1.54) is 5.56 Å². The van der Waals surface area contributed by atoms with Crippen LogP contribution in [-0.2, 0) is 6.54 Å². The van der Waals surface area contributed by atoms with Crippen molar-refractivity contribution in [2.75, 3.05) is 13.1 Å². The van der Waals surface area contributed by atoms with E-state index in [0.717, 1.165) is 19.6 Å². The van der Waals surface area contributed by atoms with Crippen LogP contribution in [0, 0.1) is 0 Å². The number of nitrogens with zero attached hydrogens (tertiary/aromatic N) is 1. The predicted octanol–water partition coefficient (Wildman–Crippen LogP) is 1.86. The third-order valence-corrected chi connectivity index (χ3v) is 2.38. The Labute approximate surface area is 86.7 Å². The molecule has 2 nitrogen and oxygen atoms in total. The van der Waals surface area contributed by atoms with Crippen molar-refractivity contribution in [3.8, 4) is 0 Å². The maximum Gasteiger partial charge on any atom is 0.0236 e. The molecule has 1 aromatic carbocycles. The smallest absolute Gasteiger partial charge is 0.0236 e. The lowest BCUT2D eigenvalue weighted by molar-refractivity contribution is 0.219. The Morgan fingerprint density at radius 3 is 2.36 bits per heavy atom. The first kappa shape index (κ1) is 11.2. The zero-order valence-corrected chi connectivity index (χ0v) is 9.11. The molecule has 0 bridgehead atoms. The molecule has 0 aliphatic heterocycles. The molecule has 14 heavy (non-hydrogen) atoms. The summed E-state index contributed by atoms with van der Waals surface area (Å²) in [6, 6.07) is 11.1. The van der Waals surface area contributed by atoms with E-state index in [0.29, 0.717) is 6.04 Å². The fraction of sp³-hybridized carbons (Fsp3) is 0.500. The third-order valence-electron chi connectivity index (χ3n) is 2.38. The van der Waals surface area contributed by atoms with Crippen LogP contribution < -0.4 is 5.73 Å². The molecule has 0 fully saturated rings. The minimum Gasteiger partial charge on any atom is -0.329 e. The van der Waals surface area contributed by atoms with Crippen molar-refractivity contribution in [1.82, 2.24) is 4.90 Å². The Morgan fingerprint density at radius 1 is 1.21 bits per heavy atom. The van der Waals surface area contributed by atoms with Gasteiger partial charge in [-0.2, -0.15) is 0 Å². The van der Waals surface area contributed by atoms with Gasteiger partial charge >= 0.3 is 0 Å². The van der Waals surface area contributed by atoms with Crippen LogP contribution in [0.15, 0.2) is 30.3 Å². The van der Waals surface area contributed by atoms with Gasteiger partial charge in [0.1, 0.15) is 0 Å². The Morgan fingerprint density at radius 2 is 1.86 bits per heavy atom. The van der Waals surface area contributed by atoms with E-state index < -0.39 is 0 Å². The minimum atomic E-state index is 0.554. The van der Waals surface area contributed by atoms with Gasteiger partial charge in [0.25, 0.3) is 0 Å². The maximum absolute atomic E-state index is 5.58. The molecule has 0 unspecified atom stereocenters. The first-order valence-electron chi connectivity index (χ1n) is 5.22. The molecular weight excluding hydrogens is 172 g/mol. The molecule has 1 rings (SSSR count). The number of hydrogen-bond donors (Lipinski definition) is 1. The van der Waals surface area contributed by atoms with Crippen molar-refractivity contribution >= 4 is 0 Å². The van der Waals surface area contributed by atoms with Crippen LogP contribution in [0.5, 0.6) is 0 Å². The average molecular weight is 192 g/mol. The average Bonchev–Trinajstić information content (AvgIpc) is 2.18. The summed E-state index contributed by atoms with van der Waals surface area (Å²) >= 11 is 0. The van der Waals surface area contributed by atoms with Crippen LogP contribution in [0.4, 0.5) is 0 Å². The molecule has 2 heteroatoms. The monoisotopic (exact) mass is 192 g/mol. The Balaban J connectivity index is 2.55. The second-order valence-corrected chi connectivity index (χ2v) is 3.84. The van der Waals surface area contributed by atoms with Crippen molar-refractivity contribution in [2.24, 2.45) is 5.73 Å². The second kappa shape index (κ2) is 5.78. The molecule has 78 valence electrons. The van der Waals surface area contributed by atoms with Gasteiger partial charge in [0.15, 0.2) is 0 Å². The molecule has 0 atom stereocenters. The highest BCUT2D eigenvalue weighted by Crippen LogP contribution is 2.06. The lowest BCUT2D eigenvalue weighted by Gasteiger charge is -2.25. The first-order valence-corrected chi connectivity index (χ1v) is 5.22. The van der Waals surface area contributed by atoms with E-state index >= 15 is 0 Å². The van der Waals surface area contributed by atoms with Gasteiger partial charge < -0.3 is 5.73 Å². The SMILES string of the molecule is CC(C)N(CCN)Cc1ccccc1. The molecular formula is C12H20N2. The molecule has 0 aliphatic rings. The van der Waals surface area contributed by atoms with Gasteiger partial charge in [-0.3, -0.25) is 4.90 Å². The van der Waals surface area contributed by atoms with Crippen LogP contribution in [-0.4, -0.2) is 24.0 Å². The molecule has 0 saturated heterocycles. The highest BCUT2D eigenvalue weighted by atomic mass is 15.1. The molecule has 0 aromatic heterocycles.